The summed E-state index contributed by atoms with van der Waals surface area (Å²) in [5.41, 5.74) is 0.611. The molecular weight excluding hydrogens is 244 g/mol. The molecule has 1 atom stereocenters. The minimum atomic E-state index is -0.932. The number of rotatable bonds is 2. The van der Waals surface area contributed by atoms with Gasteiger partial charge in [0.2, 0.25) is 0 Å². The second kappa shape index (κ2) is 4.61. The maximum atomic E-state index is 12.1. The van der Waals surface area contributed by atoms with Crippen LogP contribution in [0.4, 0.5) is 0 Å². The molecule has 0 amide bonds. The molecule has 0 bridgehead atoms. The Bertz CT molecular complexity index is 552. The number of carbonyl (C=O) groups excluding carboxylic acids is 3. The topological polar surface area (TPSA) is 60.4 Å². The highest BCUT2D eigenvalue weighted by Crippen LogP contribution is 2.27. The Hall–Kier alpha value is -1.97. The molecule has 0 heterocycles. The van der Waals surface area contributed by atoms with E-state index >= 15 is 0 Å². The smallest absolute Gasteiger partial charge is 0.375 e. The van der Waals surface area contributed by atoms with Gasteiger partial charge in [0, 0.05) is 5.56 Å². The number of benzene rings is 1. The Kier molecular flexibility index (Phi) is 3.27. The van der Waals surface area contributed by atoms with Gasteiger partial charge in [0.25, 0.3) is 5.78 Å². The highest BCUT2D eigenvalue weighted by Gasteiger charge is 2.40. The SMILES string of the molecule is CC(C)(C)OC(=O)C(=O)C1Cc2ccccc2C1=O. The second-order valence-corrected chi connectivity index (χ2v) is 5.64. The molecule has 4 nitrogen and oxygen atoms in total. The average Bonchev–Trinajstić information content (AvgIpc) is 2.64. The highest BCUT2D eigenvalue weighted by molar-refractivity contribution is 6.40. The lowest BCUT2D eigenvalue weighted by atomic mass is 9.99. The first-order chi connectivity index (χ1) is 8.79. The van der Waals surface area contributed by atoms with Crippen molar-refractivity contribution in [1.29, 1.82) is 0 Å². The van der Waals surface area contributed by atoms with E-state index in [9.17, 15) is 14.4 Å². The highest BCUT2D eigenvalue weighted by atomic mass is 16.6. The number of esters is 1. The minimum absolute atomic E-state index is 0.285. The Labute approximate surface area is 111 Å². The molecule has 0 aliphatic heterocycles. The van der Waals surface area contributed by atoms with Crippen molar-refractivity contribution in [3.63, 3.8) is 0 Å². The van der Waals surface area contributed by atoms with Gasteiger partial charge in [-0.15, -0.1) is 0 Å². The molecule has 19 heavy (non-hydrogen) atoms. The van der Waals surface area contributed by atoms with E-state index in [-0.39, 0.29) is 12.2 Å². The molecule has 1 aliphatic rings. The van der Waals surface area contributed by atoms with Gasteiger partial charge >= 0.3 is 5.97 Å². The molecule has 0 N–H and O–H groups in total. The largest absolute Gasteiger partial charge is 0.454 e. The zero-order chi connectivity index (χ0) is 14.2. The molecule has 0 saturated heterocycles. The third-order valence-corrected chi connectivity index (χ3v) is 2.94. The summed E-state index contributed by atoms with van der Waals surface area (Å²) < 4.78 is 5.02. The van der Waals surface area contributed by atoms with E-state index in [0.717, 1.165) is 5.56 Å². The maximum absolute atomic E-state index is 12.1. The Morgan fingerprint density at radius 3 is 2.42 bits per heavy atom. The fraction of sp³-hybridized carbons (Fsp3) is 0.400. The first-order valence-corrected chi connectivity index (χ1v) is 6.19. The molecule has 1 aliphatic carbocycles. The van der Waals surface area contributed by atoms with Gasteiger partial charge in [-0.2, -0.15) is 0 Å². The van der Waals surface area contributed by atoms with Crippen LogP contribution in [0.1, 0.15) is 36.7 Å². The summed E-state index contributed by atoms with van der Waals surface area (Å²) in [6.07, 6.45) is 0.285. The van der Waals surface area contributed by atoms with E-state index in [4.69, 9.17) is 4.74 Å². The third-order valence-electron chi connectivity index (χ3n) is 2.94. The Morgan fingerprint density at radius 2 is 1.84 bits per heavy atom. The molecule has 0 aromatic heterocycles. The summed E-state index contributed by atoms with van der Waals surface area (Å²) in [5.74, 6) is -2.89. The number of hydrogen-bond donors (Lipinski definition) is 0. The second-order valence-electron chi connectivity index (χ2n) is 5.64. The van der Waals surface area contributed by atoms with Crippen LogP contribution < -0.4 is 0 Å². The van der Waals surface area contributed by atoms with E-state index in [1.807, 2.05) is 6.07 Å². The molecular formula is C15H16O4. The minimum Gasteiger partial charge on any atom is -0.454 e. The fourth-order valence-corrected chi connectivity index (χ4v) is 2.12. The third kappa shape index (κ3) is 2.72. The van der Waals surface area contributed by atoms with Crippen LogP contribution in [0.25, 0.3) is 0 Å². The Balaban J connectivity index is 2.16. The van der Waals surface area contributed by atoms with Crippen molar-refractivity contribution in [3.05, 3.63) is 35.4 Å². The summed E-state index contributed by atoms with van der Waals surface area (Å²) >= 11 is 0. The summed E-state index contributed by atoms with van der Waals surface area (Å²) in [7, 11) is 0. The number of Topliss-reactive ketones (excluding diaryl/α,β-unsaturated/α-hetero) is 2. The fourth-order valence-electron chi connectivity index (χ4n) is 2.12. The molecule has 0 radical (unpaired) electrons. The molecule has 1 aromatic carbocycles. The first kappa shape index (κ1) is 13.5. The Morgan fingerprint density at radius 1 is 1.21 bits per heavy atom. The molecule has 1 aromatic rings. The van der Waals surface area contributed by atoms with Crippen molar-refractivity contribution in [2.75, 3.05) is 0 Å². The standard InChI is InChI=1S/C15H16O4/c1-15(2,3)19-14(18)13(17)11-8-9-6-4-5-7-10(9)12(11)16/h4-7,11H,8H2,1-3H3. The van der Waals surface area contributed by atoms with Crippen molar-refractivity contribution >= 4 is 17.5 Å². The van der Waals surface area contributed by atoms with Crippen LogP contribution in [-0.4, -0.2) is 23.1 Å². The summed E-state index contributed by atoms with van der Waals surface area (Å²) in [4.78, 5) is 35.8. The first-order valence-electron chi connectivity index (χ1n) is 6.19. The quantitative estimate of drug-likeness (QED) is 0.463. The van der Waals surface area contributed by atoms with Crippen molar-refractivity contribution < 1.29 is 19.1 Å². The van der Waals surface area contributed by atoms with Crippen molar-refractivity contribution in [3.8, 4) is 0 Å². The van der Waals surface area contributed by atoms with Gasteiger partial charge in [0.1, 0.15) is 5.60 Å². The van der Waals surface area contributed by atoms with Crippen LogP contribution in [0.2, 0.25) is 0 Å². The van der Waals surface area contributed by atoms with Gasteiger partial charge in [-0.3, -0.25) is 9.59 Å². The average molecular weight is 260 g/mol. The zero-order valence-corrected chi connectivity index (χ0v) is 11.2. The molecule has 0 saturated carbocycles. The van der Waals surface area contributed by atoms with Gasteiger partial charge in [0.15, 0.2) is 5.78 Å². The van der Waals surface area contributed by atoms with Gasteiger partial charge in [-0.05, 0) is 32.8 Å². The van der Waals surface area contributed by atoms with Crippen LogP contribution in [0, 0.1) is 5.92 Å². The lowest BCUT2D eigenvalue weighted by Gasteiger charge is -2.19. The predicted molar refractivity (Wildman–Crippen MR) is 68.8 cm³/mol. The van der Waals surface area contributed by atoms with Crippen LogP contribution in [0.5, 0.6) is 0 Å². The summed E-state index contributed by atoms with van der Waals surface area (Å²) in [6.45, 7) is 5.05. The van der Waals surface area contributed by atoms with Gasteiger partial charge in [-0.25, -0.2) is 4.79 Å². The maximum Gasteiger partial charge on any atom is 0.375 e. The lowest BCUT2D eigenvalue weighted by molar-refractivity contribution is -0.163. The molecule has 0 fully saturated rings. The normalized spacial score (nSPS) is 18.1. The van der Waals surface area contributed by atoms with Crippen LogP contribution in [-0.2, 0) is 20.7 Å². The number of ether oxygens (including phenoxy) is 1. The monoisotopic (exact) mass is 260 g/mol. The summed E-state index contributed by atoms with van der Waals surface area (Å²) in [6, 6.07) is 7.04. The van der Waals surface area contributed by atoms with E-state index in [1.165, 1.54) is 0 Å². The van der Waals surface area contributed by atoms with Gasteiger partial charge < -0.3 is 4.74 Å². The number of ketones is 2. The number of carbonyl (C=O) groups is 3. The molecule has 100 valence electrons. The van der Waals surface area contributed by atoms with Crippen LogP contribution in [0.15, 0.2) is 24.3 Å². The number of fused-ring (bicyclic) bond motifs is 1. The lowest BCUT2D eigenvalue weighted by Crippen LogP contribution is -2.34. The molecule has 4 heteroatoms. The van der Waals surface area contributed by atoms with E-state index in [1.54, 1.807) is 39.0 Å². The van der Waals surface area contributed by atoms with E-state index in [0.29, 0.717) is 5.56 Å². The van der Waals surface area contributed by atoms with Crippen molar-refractivity contribution in [2.24, 2.45) is 5.92 Å². The summed E-state index contributed by atoms with van der Waals surface area (Å²) in [5, 5.41) is 0. The van der Waals surface area contributed by atoms with Crippen molar-refractivity contribution in [1.82, 2.24) is 0 Å². The van der Waals surface area contributed by atoms with Gasteiger partial charge in [-0.1, -0.05) is 24.3 Å². The predicted octanol–water partition coefficient (Wildman–Crippen LogP) is 1.95. The molecule has 0 spiro atoms. The van der Waals surface area contributed by atoms with E-state index in [2.05, 4.69) is 0 Å². The van der Waals surface area contributed by atoms with Crippen LogP contribution in [0.3, 0.4) is 0 Å². The molecule has 1 unspecified atom stereocenters. The van der Waals surface area contributed by atoms with Crippen LogP contribution >= 0.6 is 0 Å². The van der Waals surface area contributed by atoms with E-state index < -0.39 is 23.3 Å². The molecule has 2 rings (SSSR count). The van der Waals surface area contributed by atoms with Gasteiger partial charge in [0.05, 0.1) is 5.92 Å². The number of hydrogen-bond acceptors (Lipinski definition) is 4. The zero-order valence-electron chi connectivity index (χ0n) is 11.2. The van der Waals surface area contributed by atoms with Crippen molar-refractivity contribution in [2.45, 2.75) is 32.8 Å².